The fourth-order valence-electron chi connectivity index (χ4n) is 7.31. The zero-order valence-electron chi connectivity index (χ0n) is 17.3. The van der Waals surface area contributed by atoms with Gasteiger partial charge in [0, 0.05) is 32.1 Å². The summed E-state index contributed by atoms with van der Waals surface area (Å²) < 4.78 is 8.16. The van der Waals surface area contributed by atoms with E-state index in [9.17, 15) is 4.79 Å². The number of nitrogens with zero attached hydrogens (tertiary/aromatic N) is 5. The maximum absolute atomic E-state index is 13.9. The third-order valence-electron chi connectivity index (χ3n) is 8.05. The van der Waals surface area contributed by atoms with E-state index in [0.29, 0.717) is 17.7 Å². The molecular formula is C23H29N5O2. The standard InChI is InChI=1S/C23H29N5O2/c29-21(27-6-3-19(4-7-27)30-20-2-1-5-24-13-20)22-9-17-8-18(10-22)12-23(11-17,14-22)28-16-25-15-26-28/h1-2,5,13,15-19H,3-4,6-12,14H2/t17-,18-,22?,23?/m0/s1. The number of hydrogen-bond donors (Lipinski definition) is 0. The number of hydrogen-bond acceptors (Lipinski definition) is 5. The van der Waals surface area contributed by atoms with Gasteiger partial charge in [0.05, 0.1) is 17.2 Å². The highest BCUT2D eigenvalue weighted by molar-refractivity contribution is 5.83. The Morgan fingerprint density at radius 2 is 1.90 bits per heavy atom. The average molecular weight is 408 g/mol. The Kier molecular flexibility index (Phi) is 4.15. The minimum Gasteiger partial charge on any atom is -0.489 e. The third-order valence-corrected chi connectivity index (χ3v) is 8.05. The minimum absolute atomic E-state index is 0.00200. The van der Waals surface area contributed by atoms with Gasteiger partial charge >= 0.3 is 0 Å². The van der Waals surface area contributed by atoms with E-state index >= 15 is 0 Å². The SMILES string of the molecule is O=C(N1CCC(Oc2cccnc2)CC1)C12C[C@@H]3C[C@@H](C1)CC(n1cncn1)(C3)C2. The Balaban J connectivity index is 1.17. The fraction of sp³-hybridized carbons (Fsp3) is 0.652. The van der Waals surface area contributed by atoms with Gasteiger partial charge in [-0.05, 0) is 62.5 Å². The number of ether oxygens (including phenoxy) is 1. The first-order chi connectivity index (χ1) is 14.6. The molecule has 1 saturated heterocycles. The lowest BCUT2D eigenvalue weighted by Crippen LogP contribution is -2.62. The molecule has 4 saturated carbocycles. The van der Waals surface area contributed by atoms with Gasteiger partial charge in [-0.2, -0.15) is 5.10 Å². The zero-order valence-corrected chi connectivity index (χ0v) is 17.3. The van der Waals surface area contributed by atoms with Crippen molar-refractivity contribution in [1.82, 2.24) is 24.6 Å². The van der Waals surface area contributed by atoms with E-state index in [-0.39, 0.29) is 17.1 Å². The molecule has 2 aromatic heterocycles. The average Bonchev–Trinajstić information content (AvgIpc) is 3.30. The maximum Gasteiger partial charge on any atom is 0.228 e. The summed E-state index contributed by atoms with van der Waals surface area (Å²) in [4.78, 5) is 24.3. The van der Waals surface area contributed by atoms with E-state index in [1.807, 2.05) is 18.5 Å². The van der Waals surface area contributed by atoms with Crippen molar-refractivity contribution >= 4 is 5.91 Å². The summed E-state index contributed by atoms with van der Waals surface area (Å²) in [6, 6.07) is 3.84. The van der Waals surface area contributed by atoms with Gasteiger partial charge in [0.25, 0.3) is 0 Å². The third kappa shape index (κ3) is 2.93. The second-order valence-corrected chi connectivity index (χ2v) is 10.1. The second-order valence-electron chi connectivity index (χ2n) is 10.1. The van der Waals surface area contributed by atoms with E-state index in [1.54, 1.807) is 18.7 Å². The second kappa shape index (κ2) is 6.79. The van der Waals surface area contributed by atoms with Crippen LogP contribution in [0.25, 0.3) is 0 Å². The van der Waals surface area contributed by atoms with Crippen molar-refractivity contribution in [3.05, 3.63) is 37.2 Å². The van der Waals surface area contributed by atoms with Gasteiger partial charge in [-0.25, -0.2) is 9.67 Å². The number of carbonyl (C=O) groups is 1. The molecule has 1 amide bonds. The van der Waals surface area contributed by atoms with Crippen molar-refractivity contribution in [3.8, 4) is 5.75 Å². The zero-order chi connectivity index (χ0) is 20.2. The normalized spacial score (nSPS) is 35.5. The lowest BCUT2D eigenvalue weighted by molar-refractivity contribution is -0.168. The maximum atomic E-state index is 13.9. The summed E-state index contributed by atoms with van der Waals surface area (Å²) in [5, 5.41) is 4.52. The largest absolute Gasteiger partial charge is 0.489 e. The number of piperidine rings is 1. The quantitative estimate of drug-likeness (QED) is 0.779. The predicted molar refractivity (Wildman–Crippen MR) is 110 cm³/mol. The lowest BCUT2D eigenvalue weighted by Gasteiger charge is -2.61. The Bertz CT molecular complexity index is 893. The Labute approximate surface area is 176 Å². The molecule has 7 rings (SSSR count). The van der Waals surface area contributed by atoms with E-state index in [2.05, 4.69) is 24.6 Å². The summed E-state index contributed by atoms with van der Waals surface area (Å²) in [7, 11) is 0. The first-order valence-electron chi connectivity index (χ1n) is 11.4. The van der Waals surface area contributed by atoms with Gasteiger partial charge in [-0.1, -0.05) is 0 Å². The molecule has 1 aliphatic heterocycles. The van der Waals surface area contributed by atoms with Crippen LogP contribution in [0.15, 0.2) is 37.2 Å². The number of amides is 1. The predicted octanol–water partition coefficient (Wildman–Crippen LogP) is 3.04. The summed E-state index contributed by atoms with van der Waals surface area (Å²) in [6.07, 6.45) is 15.6. The van der Waals surface area contributed by atoms with Gasteiger partial charge in [-0.15, -0.1) is 0 Å². The van der Waals surface area contributed by atoms with Crippen molar-refractivity contribution in [2.24, 2.45) is 17.3 Å². The summed E-state index contributed by atoms with van der Waals surface area (Å²) in [6.45, 7) is 1.58. The molecule has 0 aromatic carbocycles. The summed E-state index contributed by atoms with van der Waals surface area (Å²) in [5.74, 6) is 2.50. The molecule has 0 N–H and O–H groups in total. The molecule has 0 unspecified atom stereocenters. The molecule has 30 heavy (non-hydrogen) atoms. The van der Waals surface area contributed by atoms with E-state index in [0.717, 1.165) is 63.8 Å². The van der Waals surface area contributed by atoms with Gasteiger partial charge in [-0.3, -0.25) is 9.78 Å². The van der Waals surface area contributed by atoms with Crippen LogP contribution in [0.4, 0.5) is 0 Å². The molecule has 5 aliphatic rings. The molecule has 5 fully saturated rings. The molecule has 4 aliphatic carbocycles. The molecule has 2 aromatic rings. The van der Waals surface area contributed by atoms with Gasteiger partial charge in [0.1, 0.15) is 24.5 Å². The highest BCUT2D eigenvalue weighted by Crippen LogP contribution is 2.64. The van der Waals surface area contributed by atoms with Crippen LogP contribution in [-0.2, 0) is 10.3 Å². The summed E-state index contributed by atoms with van der Waals surface area (Å²) >= 11 is 0. The fourth-order valence-corrected chi connectivity index (χ4v) is 7.31. The molecule has 2 atom stereocenters. The van der Waals surface area contributed by atoms with Crippen LogP contribution in [0, 0.1) is 17.3 Å². The monoisotopic (exact) mass is 407 g/mol. The van der Waals surface area contributed by atoms with Crippen LogP contribution in [0.5, 0.6) is 5.75 Å². The number of pyridine rings is 1. The molecular weight excluding hydrogens is 378 g/mol. The van der Waals surface area contributed by atoms with Crippen LogP contribution >= 0.6 is 0 Å². The first kappa shape index (κ1) is 18.3. The molecule has 0 radical (unpaired) electrons. The molecule has 3 heterocycles. The highest BCUT2D eigenvalue weighted by atomic mass is 16.5. The van der Waals surface area contributed by atoms with Gasteiger partial charge in [0.2, 0.25) is 5.91 Å². The minimum atomic E-state index is -0.201. The molecule has 0 spiro atoms. The lowest BCUT2D eigenvalue weighted by atomic mass is 9.46. The highest BCUT2D eigenvalue weighted by Gasteiger charge is 2.62. The van der Waals surface area contributed by atoms with Crippen molar-refractivity contribution in [1.29, 1.82) is 0 Å². The van der Waals surface area contributed by atoms with Crippen molar-refractivity contribution in [3.63, 3.8) is 0 Å². The van der Waals surface area contributed by atoms with E-state index in [1.165, 1.54) is 6.42 Å². The molecule has 4 bridgehead atoms. The number of carbonyl (C=O) groups excluding carboxylic acids is 1. The Morgan fingerprint density at radius 1 is 1.10 bits per heavy atom. The number of aromatic nitrogens is 4. The van der Waals surface area contributed by atoms with Crippen LogP contribution in [0.3, 0.4) is 0 Å². The van der Waals surface area contributed by atoms with Crippen LogP contribution in [0.1, 0.15) is 51.4 Å². The topological polar surface area (TPSA) is 73.1 Å². The molecule has 7 heteroatoms. The van der Waals surface area contributed by atoms with Crippen molar-refractivity contribution < 1.29 is 9.53 Å². The van der Waals surface area contributed by atoms with Crippen molar-refractivity contribution in [2.75, 3.05) is 13.1 Å². The Hall–Kier alpha value is -2.44. The molecule has 158 valence electrons. The van der Waals surface area contributed by atoms with E-state index in [4.69, 9.17) is 4.74 Å². The summed E-state index contributed by atoms with van der Waals surface area (Å²) in [5.41, 5.74) is -0.203. The van der Waals surface area contributed by atoms with Gasteiger partial charge < -0.3 is 9.64 Å². The van der Waals surface area contributed by atoms with Crippen LogP contribution < -0.4 is 4.74 Å². The van der Waals surface area contributed by atoms with E-state index < -0.39 is 0 Å². The van der Waals surface area contributed by atoms with Crippen LogP contribution in [0.2, 0.25) is 0 Å². The van der Waals surface area contributed by atoms with Crippen LogP contribution in [-0.4, -0.2) is 49.7 Å². The van der Waals surface area contributed by atoms with Gasteiger partial charge in [0.15, 0.2) is 0 Å². The molecule has 7 nitrogen and oxygen atoms in total. The number of likely N-dealkylation sites (tertiary alicyclic amines) is 1. The number of rotatable bonds is 4. The smallest absolute Gasteiger partial charge is 0.228 e. The first-order valence-corrected chi connectivity index (χ1v) is 11.4. The Morgan fingerprint density at radius 3 is 2.57 bits per heavy atom. The van der Waals surface area contributed by atoms with Crippen molar-refractivity contribution in [2.45, 2.75) is 63.0 Å².